The van der Waals surface area contributed by atoms with E-state index in [0.717, 1.165) is 0 Å². The Morgan fingerprint density at radius 1 is 1.86 bits per heavy atom. The van der Waals surface area contributed by atoms with Crippen LogP contribution in [0.2, 0.25) is 0 Å². The molecular formula is C2H8O4Si. The van der Waals surface area contributed by atoms with Crippen molar-refractivity contribution in [3.05, 3.63) is 0 Å². The Labute approximate surface area is 42.9 Å². The number of rotatable bonds is 2. The lowest BCUT2D eigenvalue weighted by atomic mass is 10.9. The average molecular weight is 124 g/mol. The van der Waals surface area contributed by atoms with Crippen molar-refractivity contribution in [1.29, 1.82) is 0 Å². The quantitative estimate of drug-likeness (QED) is 0.460. The van der Waals surface area contributed by atoms with Gasteiger partial charge in [-0.15, -0.1) is 0 Å². The molecule has 0 aliphatic carbocycles. The van der Waals surface area contributed by atoms with Crippen molar-refractivity contribution >= 4 is 9.17 Å². The van der Waals surface area contributed by atoms with Crippen LogP contribution in [0.25, 0.3) is 0 Å². The summed E-state index contributed by atoms with van der Waals surface area (Å²) in [6, 6.07) is 0. The largest absolute Gasteiger partial charge is 0.764 e. The fourth-order valence-electron chi connectivity index (χ4n) is 0.123. The molecule has 3 N–H and O–H groups in total. The van der Waals surface area contributed by atoms with Gasteiger partial charge in [-0.05, 0) is 6.92 Å². The molecule has 4 nitrogen and oxygen atoms in total. The Morgan fingerprint density at radius 2 is 2.29 bits per heavy atom. The van der Waals surface area contributed by atoms with Crippen LogP contribution in [0.5, 0.6) is 0 Å². The van der Waals surface area contributed by atoms with E-state index in [-0.39, 0.29) is 5.48 Å². The molecule has 0 rings (SSSR count). The van der Waals surface area contributed by atoms with Crippen LogP contribution in [0.4, 0.5) is 0 Å². The number of hydrogen-bond donors (Lipinski definition) is 1. The van der Waals surface area contributed by atoms with E-state index in [4.69, 9.17) is 4.80 Å². The first-order chi connectivity index (χ1) is 2.77. The summed E-state index contributed by atoms with van der Waals surface area (Å²) in [5.41, 5.74) is 0. The van der Waals surface area contributed by atoms with E-state index in [1.54, 1.807) is 6.92 Å². The van der Waals surface area contributed by atoms with Gasteiger partial charge in [0.15, 0.2) is 0 Å². The first-order valence-corrected chi connectivity index (χ1v) is 2.89. The average Bonchev–Trinajstić information content (AvgIpc) is 1.35. The molecule has 0 radical (unpaired) electrons. The molecule has 0 unspecified atom stereocenters. The maximum absolute atomic E-state index is 9.56. The van der Waals surface area contributed by atoms with Crippen LogP contribution >= 0.6 is 0 Å². The molecule has 7 heavy (non-hydrogen) atoms. The molecule has 0 fully saturated rings. The fourth-order valence-corrected chi connectivity index (χ4v) is 0.370. The first-order valence-electron chi connectivity index (χ1n) is 1.63. The topological polar surface area (TPSA) is 78.0 Å². The SMILES string of the molecule is CCO[Si](=O)O.O. The van der Waals surface area contributed by atoms with Crippen LogP contribution in [0.3, 0.4) is 0 Å². The Balaban J connectivity index is 0. The molecule has 0 amide bonds. The maximum Gasteiger partial charge on any atom is 0.764 e. The third kappa shape index (κ3) is 10.7. The van der Waals surface area contributed by atoms with Crippen LogP contribution in [0.15, 0.2) is 0 Å². The molecule has 0 aliphatic rings. The molecule has 0 saturated heterocycles. The summed E-state index contributed by atoms with van der Waals surface area (Å²) in [5, 5.41) is 0. The number of hydrogen-bond acceptors (Lipinski definition) is 2. The van der Waals surface area contributed by atoms with Gasteiger partial charge in [-0.25, -0.2) is 0 Å². The summed E-state index contributed by atoms with van der Waals surface area (Å²) in [4.78, 5) is 7.88. The van der Waals surface area contributed by atoms with E-state index in [0.29, 0.717) is 6.61 Å². The van der Waals surface area contributed by atoms with Gasteiger partial charge < -0.3 is 14.7 Å². The standard InChI is InChI=1S/C2H6O3Si.H2O/c1-2-5-6(3)4;/h3H,2H2,1H3;1H2. The minimum absolute atomic E-state index is 0. The molecule has 0 aliphatic heterocycles. The Hall–Kier alpha value is -0.423. The van der Waals surface area contributed by atoms with Gasteiger partial charge in [-0.1, -0.05) is 0 Å². The zero-order valence-electron chi connectivity index (χ0n) is 3.97. The van der Waals surface area contributed by atoms with E-state index < -0.39 is 9.17 Å². The molecule has 0 spiro atoms. The van der Waals surface area contributed by atoms with Gasteiger partial charge in [0.05, 0.1) is 6.61 Å². The molecule has 0 aromatic carbocycles. The second kappa shape index (κ2) is 5.58. The maximum atomic E-state index is 9.56. The summed E-state index contributed by atoms with van der Waals surface area (Å²) in [7, 11) is -2.64. The second-order valence-corrected chi connectivity index (χ2v) is 1.52. The van der Waals surface area contributed by atoms with Gasteiger partial charge >= 0.3 is 9.17 Å². The molecule has 0 atom stereocenters. The fraction of sp³-hybridized carbons (Fsp3) is 1.00. The zero-order chi connectivity index (χ0) is 4.99. The van der Waals surface area contributed by atoms with Crippen LogP contribution in [0, 0.1) is 0 Å². The Kier molecular flexibility index (Phi) is 7.78. The smallest absolute Gasteiger partial charge is 0.511 e. The summed E-state index contributed by atoms with van der Waals surface area (Å²) in [6.07, 6.45) is 0. The van der Waals surface area contributed by atoms with Crippen LogP contribution in [-0.2, 0) is 8.89 Å². The Morgan fingerprint density at radius 3 is 2.29 bits per heavy atom. The summed E-state index contributed by atoms with van der Waals surface area (Å²) < 4.78 is 13.7. The third-order valence-corrected chi connectivity index (χ3v) is 0.803. The second-order valence-electron chi connectivity index (χ2n) is 0.699. The van der Waals surface area contributed by atoms with E-state index in [2.05, 4.69) is 4.43 Å². The van der Waals surface area contributed by atoms with E-state index in [9.17, 15) is 4.46 Å². The predicted molar refractivity (Wildman–Crippen MR) is 23.9 cm³/mol. The highest BCUT2D eigenvalue weighted by molar-refractivity contribution is 6.24. The van der Waals surface area contributed by atoms with Crippen LogP contribution < -0.4 is 0 Å². The minimum atomic E-state index is -2.64. The lowest BCUT2D eigenvalue weighted by Crippen LogP contribution is -2.03. The monoisotopic (exact) mass is 124 g/mol. The third-order valence-electron chi connectivity index (χ3n) is 0.268. The van der Waals surface area contributed by atoms with Crippen molar-refractivity contribution in [3.63, 3.8) is 0 Å². The lowest BCUT2D eigenvalue weighted by molar-refractivity contribution is 0.236. The molecule has 0 saturated carbocycles. The van der Waals surface area contributed by atoms with Gasteiger partial charge in [-0.3, -0.25) is 4.46 Å². The lowest BCUT2D eigenvalue weighted by Gasteiger charge is -1.86. The van der Waals surface area contributed by atoms with Gasteiger partial charge in [-0.2, -0.15) is 0 Å². The van der Waals surface area contributed by atoms with Crippen LogP contribution in [-0.4, -0.2) is 26.0 Å². The van der Waals surface area contributed by atoms with Crippen molar-refractivity contribution < 1.29 is 19.2 Å². The van der Waals surface area contributed by atoms with E-state index in [1.807, 2.05) is 0 Å². The highest BCUT2D eigenvalue weighted by atomic mass is 28.3. The van der Waals surface area contributed by atoms with Crippen molar-refractivity contribution in [3.8, 4) is 0 Å². The summed E-state index contributed by atoms with van der Waals surface area (Å²) >= 11 is 0. The first kappa shape index (κ1) is 9.76. The molecule has 5 heteroatoms. The van der Waals surface area contributed by atoms with Crippen molar-refractivity contribution in [1.82, 2.24) is 0 Å². The molecule has 0 heterocycles. The Bertz CT molecular complexity index is 53.7. The van der Waals surface area contributed by atoms with Gasteiger partial charge in [0.1, 0.15) is 0 Å². The molecule has 0 aromatic rings. The van der Waals surface area contributed by atoms with Crippen molar-refractivity contribution in [2.45, 2.75) is 6.92 Å². The summed E-state index contributed by atoms with van der Waals surface area (Å²) in [6.45, 7) is 1.98. The van der Waals surface area contributed by atoms with Gasteiger partial charge in [0.2, 0.25) is 0 Å². The highest BCUT2D eigenvalue weighted by Crippen LogP contribution is 1.63. The van der Waals surface area contributed by atoms with Crippen LogP contribution in [0.1, 0.15) is 6.92 Å². The van der Waals surface area contributed by atoms with E-state index in [1.165, 1.54) is 0 Å². The molecule has 0 aromatic heterocycles. The van der Waals surface area contributed by atoms with Gasteiger partial charge in [0, 0.05) is 0 Å². The predicted octanol–water partition coefficient (Wildman–Crippen LogP) is -1.39. The highest BCUT2D eigenvalue weighted by Gasteiger charge is 1.97. The molecular weight excluding hydrogens is 116 g/mol. The van der Waals surface area contributed by atoms with Crippen molar-refractivity contribution in [2.24, 2.45) is 0 Å². The minimum Gasteiger partial charge on any atom is -0.511 e. The van der Waals surface area contributed by atoms with E-state index >= 15 is 0 Å². The summed E-state index contributed by atoms with van der Waals surface area (Å²) in [5.74, 6) is 0. The normalized spacial score (nSPS) is 6.43. The van der Waals surface area contributed by atoms with Crippen molar-refractivity contribution in [2.75, 3.05) is 6.61 Å². The molecule has 0 bridgehead atoms. The zero-order valence-corrected chi connectivity index (χ0v) is 4.97. The van der Waals surface area contributed by atoms with Gasteiger partial charge in [0.25, 0.3) is 0 Å². The molecule has 44 valence electrons.